The fourth-order valence-electron chi connectivity index (χ4n) is 3.07. The van der Waals surface area contributed by atoms with Gasteiger partial charge < -0.3 is 10.6 Å². The lowest BCUT2D eigenvalue weighted by molar-refractivity contribution is -0.146. The van der Waals surface area contributed by atoms with E-state index in [1.54, 1.807) is 0 Å². The van der Waals surface area contributed by atoms with Crippen molar-refractivity contribution >= 4 is 5.91 Å². The van der Waals surface area contributed by atoms with E-state index in [0.29, 0.717) is 13.1 Å². The van der Waals surface area contributed by atoms with Crippen LogP contribution in [-0.2, 0) is 4.79 Å². The molecule has 1 aliphatic heterocycles. The van der Waals surface area contributed by atoms with E-state index in [4.69, 9.17) is 5.73 Å². The predicted octanol–water partition coefficient (Wildman–Crippen LogP) is 1.21. The third-order valence-electron chi connectivity index (χ3n) is 4.78. The molecular weight excluding hydrogens is 278 g/mol. The van der Waals surface area contributed by atoms with Gasteiger partial charge in [0.05, 0.1) is 17.8 Å². The van der Waals surface area contributed by atoms with Crippen LogP contribution in [0.2, 0.25) is 0 Å². The maximum atomic E-state index is 12.3. The molecule has 0 atom stereocenters. The molecule has 22 heavy (non-hydrogen) atoms. The second-order valence-corrected chi connectivity index (χ2v) is 6.32. The summed E-state index contributed by atoms with van der Waals surface area (Å²) in [6.45, 7) is 1.35. The van der Waals surface area contributed by atoms with E-state index in [1.165, 1.54) is 0 Å². The van der Waals surface area contributed by atoms with Gasteiger partial charge in [0.25, 0.3) is 0 Å². The van der Waals surface area contributed by atoms with Crippen LogP contribution in [0.15, 0.2) is 36.5 Å². The van der Waals surface area contributed by atoms with Gasteiger partial charge in [-0.15, -0.1) is 5.10 Å². The van der Waals surface area contributed by atoms with Crippen molar-refractivity contribution in [3.05, 3.63) is 36.5 Å². The van der Waals surface area contributed by atoms with Gasteiger partial charge in [-0.2, -0.15) is 0 Å². The Morgan fingerprint density at radius 3 is 2.59 bits per heavy atom. The molecule has 2 fully saturated rings. The molecule has 114 valence electrons. The highest BCUT2D eigenvalue weighted by molar-refractivity contribution is 5.87. The lowest BCUT2D eigenvalue weighted by Gasteiger charge is -2.46. The molecular formula is C16H19N5O. The number of benzene rings is 1. The van der Waals surface area contributed by atoms with Crippen LogP contribution in [0, 0.1) is 0 Å². The lowest BCUT2D eigenvalue weighted by atomic mass is 9.76. The topological polar surface area (TPSA) is 77.0 Å². The zero-order chi connectivity index (χ0) is 15.2. The smallest absolute Gasteiger partial charge is 0.242 e. The minimum Gasteiger partial charge on any atom is -0.337 e. The Morgan fingerprint density at radius 2 is 1.95 bits per heavy atom. The minimum atomic E-state index is -0.595. The van der Waals surface area contributed by atoms with Crippen LogP contribution in [-0.4, -0.2) is 44.4 Å². The molecule has 2 heterocycles. The lowest BCUT2D eigenvalue weighted by Crippen LogP contribution is -2.64. The number of hydrogen-bond donors (Lipinski definition) is 1. The standard InChI is InChI=1S/C16H19N5O/c17-16(7-4-8-16)15(22)20-9-13(10-20)21-11-14(18-19-21)12-5-2-1-3-6-12/h1-3,5-6,11,13H,4,7-10,17H2. The zero-order valence-electron chi connectivity index (χ0n) is 12.4. The molecule has 2 aliphatic rings. The number of likely N-dealkylation sites (tertiary alicyclic amines) is 1. The number of carbonyl (C=O) groups excluding carboxylic acids is 1. The fraction of sp³-hybridized carbons (Fsp3) is 0.438. The molecule has 1 saturated carbocycles. The van der Waals surface area contributed by atoms with Gasteiger partial charge in [-0.25, -0.2) is 4.68 Å². The molecule has 4 rings (SSSR count). The van der Waals surface area contributed by atoms with E-state index >= 15 is 0 Å². The van der Waals surface area contributed by atoms with Crippen LogP contribution in [0.5, 0.6) is 0 Å². The molecule has 1 saturated heterocycles. The van der Waals surface area contributed by atoms with Crippen LogP contribution in [0.1, 0.15) is 25.3 Å². The molecule has 2 aromatic rings. The fourth-order valence-corrected chi connectivity index (χ4v) is 3.07. The molecule has 0 bridgehead atoms. The van der Waals surface area contributed by atoms with Crippen LogP contribution in [0.3, 0.4) is 0 Å². The molecule has 2 N–H and O–H groups in total. The third-order valence-corrected chi connectivity index (χ3v) is 4.78. The molecule has 1 amide bonds. The van der Waals surface area contributed by atoms with Gasteiger partial charge in [-0.1, -0.05) is 35.5 Å². The highest BCUT2D eigenvalue weighted by Gasteiger charge is 2.46. The first kappa shape index (κ1) is 13.5. The average Bonchev–Trinajstić information content (AvgIpc) is 2.93. The Morgan fingerprint density at radius 1 is 1.23 bits per heavy atom. The van der Waals surface area contributed by atoms with Crippen LogP contribution >= 0.6 is 0 Å². The van der Waals surface area contributed by atoms with Gasteiger partial charge >= 0.3 is 0 Å². The van der Waals surface area contributed by atoms with Crippen molar-refractivity contribution in [3.63, 3.8) is 0 Å². The summed E-state index contributed by atoms with van der Waals surface area (Å²) in [7, 11) is 0. The first-order valence-corrected chi connectivity index (χ1v) is 7.71. The monoisotopic (exact) mass is 297 g/mol. The summed E-state index contributed by atoms with van der Waals surface area (Å²) in [6, 6.07) is 10.2. The van der Waals surface area contributed by atoms with Gasteiger partial charge in [0.15, 0.2) is 0 Å². The Balaban J connectivity index is 1.41. The number of nitrogens with zero attached hydrogens (tertiary/aromatic N) is 4. The van der Waals surface area contributed by atoms with E-state index in [0.717, 1.165) is 30.5 Å². The summed E-state index contributed by atoms with van der Waals surface area (Å²) in [6.07, 6.45) is 4.63. The van der Waals surface area contributed by atoms with Gasteiger partial charge in [0, 0.05) is 18.7 Å². The normalized spacial score (nSPS) is 20.3. The first-order chi connectivity index (χ1) is 10.7. The quantitative estimate of drug-likeness (QED) is 0.924. The van der Waals surface area contributed by atoms with Crippen LogP contribution < -0.4 is 5.73 Å². The highest BCUT2D eigenvalue weighted by Crippen LogP contribution is 2.34. The van der Waals surface area contributed by atoms with Gasteiger partial charge in [0.1, 0.15) is 5.69 Å². The summed E-state index contributed by atoms with van der Waals surface area (Å²) in [5.74, 6) is 0.0957. The van der Waals surface area contributed by atoms with Gasteiger partial charge in [-0.3, -0.25) is 4.79 Å². The Bertz CT molecular complexity index is 686. The van der Waals surface area contributed by atoms with Crippen molar-refractivity contribution in [2.75, 3.05) is 13.1 Å². The Labute approximate surface area is 128 Å². The van der Waals surface area contributed by atoms with E-state index in [9.17, 15) is 4.79 Å². The molecule has 0 spiro atoms. The molecule has 6 nitrogen and oxygen atoms in total. The summed E-state index contributed by atoms with van der Waals surface area (Å²) in [4.78, 5) is 14.1. The number of carbonyl (C=O) groups is 1. The number of hydrogen-bond acceptors (Lipinski definition) is 4. The second kappa shape index (κ2) is 4.91. The number of rotatable bonds is 3. The van der Waals surface area contributed by atoms with Gasteiger partial charge in [-0.05, 0) is 19.3 Å². The third kappa shape index (κ3) is 2.11. The van der Waals surface area contributed by atoms with E-state index in [-0.39, 0.29) is 11.9 Å². The molecule has 1 aliphatic carbocycles. The molecule has 0 unspecified atom stereocenters. The second-order valence-electron chi connectivity index (χ2n) is 6.32. The summed E-state index contributed by atoms with van der Waals surface area (Å²) in [5.41, 5.74) is 7.41. The number of aromatic nitrogens is 3. The highest BCUT2D eigenvalue weighted by atomic mass is 16.2. The van der Waals surface area contributed by atoms with Crippen molar-refractivity contribution in [1.82, 2.24) is 19.9 Å². The van der Waals surface area contributed by atoms with E-state index in [1.807, 2.05) is 46.1 Å². The Kier molecular flexibility index (Phi) is 3.00. The van der Waals surface area contributed by atoms with Crippen molar-refractivity contribution in [1.29, 1.82) is 0 Å². The number of nitrogens with two attached hydrogens (primary N) is 1. The van der Waals surface area contributed by atoms with E-state index in [2.05, 4.69) is 10.3 Å². The van der Waals surface area contributed by atoms with Crippen molar-refractivity contribution < 1.29 is 4.79 Å². The molecule has 1 aromatic carbocycles. The molecule has 6 heteroatoms. The summed E-state index contributed by atoms with van der Waals surface area (Å²) < 4.78 is 1.86. The zero-order valence-corrected chi connectivity index (χ0v) is 12.4. The number of amides is 1. The van der Waals surface area contributed by atoms with Crippen LogP contribution in [0.25, 0.3) is 11.3 Å². The van der Waals surface area contributed by atoms with Crippen molar-refractivity contribution in [2.24, 2.45) is 5.73 Å². The average molecular weight is 297 g/mol. The summed E-state index contributed by atoms with van der Waals surface area (Å²) in [5, 5.41) is 8.42. The van der Waals surface area contributed by atoms with Crippen molar-refractivity contribution in [2.45, 2.75) is 30.8 Å². The maximum absolute atomic E-state index is 12.3. The SMILES string of the molecule is NC1(C(=O)N2CC(n3cc(-c4ccccc4)nn3)C2)CCC1. The first-order valence-electron chi connectivity index (χ1n) is 7.71. The Hall–Kier alpha value is -2.21. The largest absolute Gasteiger partial charge is 0.337 e. The maximum Gasteiger partial charge on any atom is 0.242 e. The minimum absolute atomic E-state index is 0.0957. The van der Waals surface area contributed by atoms with Crippen LogP contribution in [0.4, 0.5) is 0 Å². The predicted molar refractivity (Wildman–Crippen MR) is 81.8 cm³/mol. The van der Waals surface area contributed by atoms with E-state index < -0.39 is 5.54 Å². The summed E-state index contributed by atoms with van der Waals surface area (Å²) >= 11 is 0. The van der Waals surface area contributed by atoms with Gasteiger partial charge in [0.2, 0.25) is 5.91 Å². The molecule has 1 aromatic heterocycles. The molecule has 0 radical (unpaired) electrons. The van der Waals surface area contributed by atoms with Crippen molar-refractivity contribution in [3.8, 4) is 11.3 Å².